The van der Waals surface area contributed by atoms with Crippen molar-refractivity contribution in [2.45, 2.75) is 12.8 Å². The highest BCUT2D eigenvalue weighted by Crippen LogP contribution is 2.09. The third kappa shape index (κ3) is 2.30. The Hall–Kier alpha value is -0.920. The largest absolute Gasteiger partial charge is 0.396 e. The molecule has 58 valence electrons. The first-order chi connectivity index (χ1) is 5.36. The van der Waals surface area contributed by atoms with Crippen LogP contribution in [0.3, 0.4) is 0 Å². The van der Waals surface area contributed by atoms with E-state index in [-0.39, 0.29) is 6.61 Å². The number of aliphatic hydroxyl groups is 1. The van der Waals surface area contributed by atoms with Gasteiger partial charge >= 0.3 is 0 Å². The van der Waals surface area contributed by atoms with E-state index in [1.807, 2.05) is 11.4 Å². The zero-order valence-electron chi connectivity index (χ0n) is 5.95. The standard InChI is InChI=1S/C7H8N2OS/c8-3-1-7-9-6(2-4-10)5-11-7/h5,10H,1-2,4H2. The minimum Gasteiger partial charge on any atom is -0.396 e. The molecule has 1 N–H and O–H groups in total. The molecule has 1 heterocycles. The van der Waals surface area contributed by atoms with Gasteiger partial charge in [-0.2, -0.15) is 5.26 Å². The highest BCUT2D eigenvalue weighted by molar-refractivity contribution is 7.09. The molecular weight excluding hydrogens is 160 g/mol. The van der Waals surface area contributed by atoms with Crippen molar-refractivity contribution in [1.29, 1.82) is 5.26 Å². The van der Waals surface area contributed by atoms with E-state index in [9.17, 15) is 0 Å². The SMILES string of the molecule is N#CCc1nc(CCO)cs1. The van der Waals surface area contributed by atoms with E-state index in [1.54, 1.807) is 0 Å². The lowest BCUT2D eigenvalue weighted by Gasteiger charge is -1.86. The minimum absolute atomic E-state index is 0.121. The molecule has 3 nitrogen and oxygen atoms in total. The fourth-order valence-corrected chi connectivity index (χ4v) is 1.49. The van der Waals surface area contributed by atoms with Crippen molar-refractivity contribution in [3.63, 3.8) is 0 Å². The molecule has 4 heteroatoms. The predicted molar refractivity (Wildman–Crippen MR) is 42.2 cm³/mol. The summed E-state index contributed by atoms with van der Waals surface area (Å²) in [6, 6.07) is 2.02. The van der Waals surface area contributed by atoms with Crippen molar-refractivity contribution in [2.24, 2.45) is 0 Å². The van der Waals surface area contributed by atoms with Crippen molar-refractivity contribution in [3.8, 4) is 6.07 Å². The van der Waals surface area contributed by atoms with Crippen LogP contribution in [0.1, 0.15) is 10.7 Å². The summed E-state index contributed by atoms with van der Waals surface area (Å²) in [5, 5.41) is 19.6. The van der Waals surface area contributed by atoms with Gasteiger partial charge in [0.1, 0.15) is 5.01 Å². The zero-order chi connectivity index (χ0) is 8.10. The summed E-state index contributed by atoms with van der Waals surface area (Å²) in [6.45, 7) is 0.121. The number of aliphatic hydroxyl groups excluding tert-OH is 1. The summed E-state index contributed by atoms with van der Waals surface area (Å²) in [5.74, 6) is 0. The Balaban J connectivity index is 2.60. The lowest BCUT2D eigenvalue weighted by Crippen LogP contribution is -1.90. The molecule has 11 heavy (non-hydrogen) atoms. The molecule has 0 amide bonds. The molecule has 0 unspecified atom stereocenters. The van der Waals surface area contributed by atoms with Gasteiger partial charge in [0.25, 0.3) is 0 Å². The molecule has 0 aromatic carbocycles. The fraction of sp³-hybridized carbons (Fsp3) is 0.429. The summed E-state index contributed by atoms with van der Waals surface area (Å²) >= 11 is 1.47. The second-order valence-corrected chi connectivity index (χ2v) is 2.98. The van der Waals surface area contributed by atoms with Crippen molar-refractivity contribution in [2.75, 3.05) is 6.61 Å². The molecule has 0 aliphatic rings. The Morgan fingerprint density at radius 1 is 1.73 bits per heavy atom. The molecule has 0 fully saturated rings. The van der Waals surface area contributed by atoms with E-state index in [2.05, 4.69) is 4.98 Å². The summed E-state index contributed by atoms with van der Waals surface area (Å²) < 4.78 is 0. The van der Waals surface area contributed by atoms with Crippen LogP contribution < -0.4 is 0 Å². The van der Waals surface area contributed by atoms with Crippen LogP contribution in [0.5, 0.6) is 0 Å². The van der Waals surface area contributed by atoms with Gasteiger partial charge in [0.2, 0.25) is 0 Å². The average Bonchev–Trinajstić information content (AvgIpc) is 2.38. The topological polar surface area (TPSA) is 56.9 Å². The third-order valence-electron chi connectivity index (χ3n) is 1.20. The van der Waals surface area contributed by atoms with Gasteiger partial charge in [-0.25, -0.2) is 4.98 Å². The van der Waals surface area contributed by atoms with Crippen LogP contribution >= 0.6 is 11.3 Å². The summed E-state index contributed by atoms with van der Waals surface area (Å²) in [5.41, 5.74) is 0.878. The normalized spacial score (nSPS) is 9.45. The van der Waals surface area contributed by atoms with Gasteiger partial charge < -0.3 is 5.11 Å². The van der Waals surface area contributed by atoms with E-state index < -0.39 is 0 Å². The molecule has 1 rings (SSSR count). The first kappa shape index (κ1) is 8.18. The van der Waals surface area contributed by atoms with Crippen molar-refractivity contribution < 1.29 is 5.11 Å². The van der Waals surface area contributed by atoms with Gasteiger partial charge in [-0.05, 0) is 0 Å². The van der Waals surface area contributed by atoms with E-state index in [4.69, 9.17) is 10.4 Å². The van der Waals surface area contributed by atoms with Gasteiger partial charge in [0.15, 0.2) is 0 Å². The van der Waals surface area contributed by atoms with Crippen LogP contribution in [0.4, 0.5) is 0 Å². The van der Waals surface area contributed by atoms with Crippen molar-refractivity contribution >= 4 is 11.3 Å². The van der Waals surface area contributed by atoms with Crippen LogP contribution in [-0.2, 0) is 12.8 Å². The van der Waals surface area contributed by atoms with Gasteiger partial charge in [0.05, 0.1) is 18.2 Å². The van der Waals surface area contributed by atoms with E-state index >= 15 is 0 Å². The molecule has 0 spiro atoms. The monoisotopic (exact) mass is 168 g/mol. The Bertz CT molecular complexity index is 264. The summed E-state index contributed by atoms with van der Waals surface area (Å²) in [4.78, 5) is 4.13. The van der Waals surface area contributed by atoms with Crippen LogP contribution in [0.25, 0.3) is 0 Å². The average molecular weight is 168 g/mol. The number of aromatic nitrogens is 1. The van der Waals surface area contributed by atoms with Gasteiger partial charge in [0, 0.05) is 18.4 Å². The van der Waals surface area contributed by atoms with Crippen LogP contribution in [0, 0.1) is 11.3 Å². The first-order valence-corrected chi connectivity index (χ1v) is 4.16. The Labute approximate surface area is 68.9 Å². The second kappa shape index (κ2) is 4.06. The molecule has 0 radical (unpaired) electrons. The number of hydrogen-bond acceptors (Lipinski definition) is 4. The number of rotatable bonds is 3. The highest BCUT2D eigenvalue weighted by Gasteiger charge is 1.99. The van der Waals surface area contributed by atoms with Crippen molar-refractivity contribution in [3.05, 3.63) is 16.1 Å². The van der Waals surface area contributed by atoms with E-state index in [1.165, 1.54) is 11.3 Å². The maximum absolute atomic E-state index is 8.56. The molecule has 0 aliphatic carbocycles. The van der Waals surface area contributed by atoms with Crippen molar-refractivity contribution in [1.82, 2.24) is 4.98 Å². The Morgan fingerprint density at radius 3 is 3.18 bits per heavy atom. The number of nitrogens with zero attached hydrogens (tertiary/aromatic N) is 2. The minimum atomic E-state index is 0.121. The summed E-state index contributed by atoms with van der Waals surface area (Å²) in [7, 11) is 0. The van der Waals surface area contributed by atoms with Crippen LogP contribution in [0.2, 0.25) is 0 Å². The maximum atomic E-state index is 8.56. The molecule has 0 atom stereocenters. The molecule has 0 aliphatic heterocycles. The molecule has 1 aromatic heterocycles. The van der Waals surface area contributed by atoms with Gasteiger partial charge in [-0.1, -0.05) is 0 Å². The molecule has 0 saturated heterocycles. The smallest absolute Gasteiger partial charge is 0.107 e. The van der Waals surface area contributed by atoms with E-state index in [0.717, 1.165) is 10.7 Å². The quantitative estimate of drug-likeness (QED) is 0.724. The lowest BCUT2D eigenvalue weighted by molar-refractivity contribution is 0.298. The zero-order valence-corrected chi connectivity index (χ0v) is 6.77. The number of nitriles is 1. The predicted octanol–water partition coefficient (Wildman–Crippen LogP) is 0.744. The lowest BCUT2D eigenvalue weighted by atomic mass is 10.4. The third-order valence-corrected chi connectivity index (χ3v) is 2.10. The fourth-order valence-electron chi connectivity index (χ4n) is 0.727. The van der Waals surface area contributed by atoms with Gasteiger partial charge in [-0.3, -0.25) is 0 Å². The first-order valence-electron chi connectivity index (χ1n) is 3.28. The maximum Gasteiger partial charge on any atom is 0.107 e. The number of hydrogen-bond donors (Lipinski definition) is 1. The molecule has 0 bridgehead atoms. The molecule has 1 aromatic rings. The van der Waals surface area contributed by atoms with Gasteiger partial charge in [-0.15, -0.1) is 11.3 Å². The van der Waals surface area contributed by atoms with Crippen LogP contribution in [0.15, 0.2) is 5.38 Å². The Kier molecular flexibility index (Phi) is 3.02. The number of thiazole rings is 1. The summed E-state index contributed by atoms with van der Waals surface area (Å²) in [6.07, 6.45) is 0.956. The second-order valence-electron chi connectivity index (χ2n) is 2.04. The molecule has 0 saturated carbocycles. The highest BCUT2D eigenvalue weighted by atomic mass is 32.1. The van der Waals surface area contributed by atoms with Crippen LogP contribution in [-0.4, -0.2) is 16.7 Å². The van der Waals surface area contributed by atoms with E-state index in [0.29, 0.717) is 12.8 Å². The molecular formula is C7H8N2OS. The Morgan fingerprint density at radius 2 is 2.55 bits per heavy atom.